The number of allylic oxidation sites excluding steroid dienone is 1. The molecule has 0 fully saturated rings. The van der Waals surface area contributed by atoms with Crippen molar-refractivity contribution in [2.45, 2.75) is 25.9 Å². The summed E-state index contributed by atoms with van der Waals surface area (Å²) >= 11 is 12.1. The molecule has 0 unspecified atom stereocenters. The fourth-order valence-electron chi connectivity index (χ4n) is 3.91. The zero-order valence-corrected chi connectivity index (χ0v) is 16.4. The molecule has 0 saturated carbocycles. The van der Waals surface area contributed by atoms with Gasteiger partial charge in [0.15, 0.2) is 0 Å². The second-order valence-electron chi connectivity index (χ2n) is 7.15. The van der Waals surface area contributed by atoms with Crippen LogP contribution in [0.3, 0.4) is 0 Å². The molecule has 0 radical (unpaired) electrons. The van der Waals surface area contributed by atoms with Gasteiger partial charge in [-0.15, -0.1) is 0 Å². The summed E-state index contributed by atoms with van der Waals surface area (Å²) in [6.45, 7) is 5.83. The molecule has 4 heterocycles. The number of rotatable bonds is 1. The zero-order chi connectivity index (χ0) is 19.4. The first-order chi connectivity index (χ1) is 13.5. The Hall–Kier alpha value is -2.57. The van der Waals surface area contributed by atoms with E-state index in [1.807, 2.05) is 9.58 Å². The number of carbonyl (C=O) groups excluding carboxylic acids is 1. The first kappa shape index (κ1) is 17.5. The van der Waals surface area contributed by atoms with Crippen LogP contribution in [-0.2, 0) is 25.9 Å². The Morgan fingerprint density at radius 2 is 2.07 bits per heavy atom. The van der Waals surface area contributed by atoms with Crippen LogP contribution in [0.5, 0.6) is 0 Å². The summed E-state index contributed by atoms with van der Waals surface area (Å²) in [5.74, 6) is -0.0809. The van der Waals surface area contributed by atoms with E-state index in [0.717, 1.165) is 33.8 Å². The van der Waals surface area contributed by atoms with Crippen molar-refractivity contribution in [2.24, 2.45) is 0 Å². The molecular formula is C20H16Cl2N4O2. The predicted octanol–water partition coefficient (Wildman–Crippen LogP) is 4.16. The SMILES string of the molecule is C=C1Cc2conc2-c2c3c(nn2C1)CCN(C(=O)c1ccc(Cl)c(Cl)c1)C3. The third-order valence-electron chi connectivity index (χ3n) is 5.24. The van der Waals surface area contributed by atoms with Crippen LogP contribution < -0.4 is 0 Å². The van der Waals surface area contributed by atoms with Gasteiger partial charge < -0.3 is 9.42 Å². The molecule has 2 aliphatic heterocycles. The van der Waals surface area contributed by atoms with Crippen LogP contribution in [0.25, 0.3) is 11.4 Å². The van der Waals surface area contributed by atoms with Crippen LogP contribution in [-0.4, -0.2) is 32.3 Å². The molecule has 142 valence electrons. The molecule has 0 N–H and O–H groups in total. The summed E-state index contributed by atoms with van der Waals surface area (Å²) in [6.07, 6.45) is 3.06. The first-order valence-electron chi connectivity index (χ1n) is 8.94. The van der Waals surface area contributed by atoms with Gasteiger partial charge in [-0.25, -0.2) is 0 Å². The first-order valence-corrected chi connectivity index (χ1v) is 9.70. The lowest BCUT2D eigenvalue weighted by atomic mass is 10.0. The highest BCUT2D eigenvalue weighted by molar-refractivity contribution is 6.42. The fraction of sp³-hybridized carbons (Fsp3) is 0.250. The van der Waals surface area contributed by atoms with Crippen molar-refractivity contribution in [3.05, 3.63) is 69.0 Å². The average molecular weight is 415 g/mol. The number of carbonyl (C=O) groups is 1. The van der Waals surface area contributed by atoms with E-state index >= 15 is 0 Å². The van der Waals surface area contributed by atoms with Crippen LogP contribution in [0.15, 0.2) is 41.1 Å². The topological polar surface area (TPSA) is 64.2 Å². The van der Waals surface area contributed by atoms with Crippen LogP contribution in [0.2, 0.25) is 10.0 Å². The molecule has 0 aliphatic carbocycles. The summed E-state index contributed by atoms with van der Waals surface area (Å²) in [7, 11) is 0. The van der Waals surface area contributed by atoms with Crippen molar-refractivity contribution in [2.75, 3.05) is 6.54 Å². The quantitative estimate of drug-likeness (QED) is 0.560. The molecule has 8 heteroatoms. The summed E-state index contributed by atoms with van der Waals surface area (Å²) in [6, 6.07) is 4.95. The molecule has 0 saturated heterocycles. The minimum atomic E-state index is -0.0809. The molecule has 6 nitrogen and oxygen atoms in total. The Morgan fingerprint density at radius 3 is 2.89 bits per heavy atom. The Kier molecular flexibility index (Phi) is 4.07. The molecule has 28 heavy (non-hydrogen) atoms. The van der Waals surface area contributed by atoms with E-state index in [1.165, 1.54) is 0 Å². The molecule has 0 spiro atoms. The number of amides is 1. The standard InChI is InChI=1S/C20H16Cl2N4O2/c1-11-6-13-10-28-24-18(13)19-14-9-25(5-4-17(14)23-26(19)8-11)20(27)12-2-3-15(21)16(22)7-12/h2-3,7,10H,1,4-6,8-9H2. The highest BCUT2D eigenvalue weighted by Crippen LogP contribution is 2.35. The highest BCUT2D eigenvalue weighted by Gasteiger charge is 2.32. The molecule has 2 aromatic heterocycles. The molecule has 0 atom stereocenters. The summed E-state index contributed by atoms with van der Waals surface area (Å²) < 4.78 is 7.16. The number of hydrogen-bond acceptors (Lipinski definition) is 4. The lowest BCUT2D eigenvalue weighted by Gasteiger charge is -2.27. The fourth-order valence-corrected chi connectivity index (χ4v) is 4.20. The van der Waals surface area contributed by atoms with E-state index in [0.29, 0.717) is 48.1 Å². The highest BCUT2D eigenvalue weighted by atomic mass is 35.5. The minimum Gasteiger partial charge on any atom is -0.364 e. The predicted molar refractivity (Wildman–Crippen MR) is 105 cm³/mol. The zero-order valence-electron chi connectivity index (χ0n) is 14.9. The van der Waals surface area contributed by atoms with Gasteiger partial charge in [0.1, 0.15) is 12.0 Å². The Labute approximate surface area is 171 Å². The number of fused-ring (bicyclic) bond motifs is 5. The van der Waals surface area contributed by atoms with Crippen molar-refractivity contribution in [1.29, 1.82) is 0 Å². The van der Waals surface area contributed by atoms with E-state index < -0.39 is 0 Å². The second-order valence-corrected chi connectivity index (χ2v) is 7.97. The maximum Gasteiger partial charge on any atom is 0.254 e. The van der Waals surface area contributed by atoms with Gasteiger partial charge in [0, 0.05) is 36.1 Å². The van der Waals surface area contributed by atoms with Crippen molar-refractivity contribution >= 4 is 29.1 Å². The summed E-state index contributed by atoms with van der Waals surface area (Å²) in [4.78, 5) is 14.8. The maximum atomic E-state index is 13.0. The van der Waals surface area contributed by atoms with Gasteiger partial charge in [-0.05, 0) is 18.2 Å². The van der Waals surface area contributed by atoms with E-state index in [-0.39, 0.29) is 5.91 Å². The van der Waals surface area contributed by atoms with E-state index in [1.54, 1.807) is 24.5 Å². The molecule has 3 aromatic rings. The largest absolute Gasteiger partial charge is 0.364 e. The molecular weight excluding hydrogens is 399 g/mol. The van der Waals surface area contributed by atoms with Gasteiger partial charge in [0.05, 0.1) is 34.5 Å². The molecule has 1 amide bonds. The van der Waals surface area contributed by atoms with Crippen molar-refractivity contribution in [3.8, 4) is 11.4 Å². The average Bonchev–Trinajstić information content (AvgIpc) is 3.23. The summed E-state index contributed by atoms with van der Waals surface area (Å²) in [5.41, 5.74) is 6.29. The number of benzene rings is 1. The van der Waals surface area contributed by atoms with Crippen molar-refractivity contribution < 1.29 is 9.32 Å². The third kappa shape index (κ3) is 2.75. The maximum absolute atomic E-state index is 13.0. The molecule has 2 aliphatic rings. The number of hydrogen-bond donors (Lipinski definition) is 0. The van der Waals surface area contributed by atoms with Crippen LogP contribution in [0.4, 0.5) is 0 Å². The van der Waals surface area contributed by atoms with E-state index in [4.69, 9.17) is 32.8 Å². The molecule has 5 rings (SSSR count). The number of aromatic nitrogens is 3. The molecule has 1 aromatic carbocycles. The summed E-state index contributed by atoms with van der Waals surface area (Å²) in [5, 5.41) is 9.78. The van der Waals surface area contributed by atoms with Gasteiger partial charge in [-0.1, -0.05) is 40.5 Å². The van der Waals surface area contributed by atoms with Crippen LogP contribution in [0, 0.1) is 0 Å². The Morgan fingerprint density at radius 1 is 1.21 bits per heavy atom. The van der Waals surface area contributed by atoms with E-state index in [2.05, 4.69) is 11.7 Å². The van der Waals surface area contributed by atoms with Crippen molar-refractivity contribution in [3.63, 3.8) is 0 Å². The minimum absolute atomic E-state index is 0.0809. The van der Waals surface area contributed by atoms with Crippen LogP contribution in [0.1, 0.15) is 27.2 Å². The number of nitrogens with zero attached hydrogens (tertiary/aromatic N) is 4. The smallest absolute Gasteiger partial charge is 0.254 e. The van der Waals surface area contributed by atoms with Gasteiger partial charge in [0.25, 0.3) is 5.91 Å². The van der Waals surface area contributed by atoms with E-state index in [9.17, 15) is 4.79 Å². The Balaban J connectivity index is 1.53. The lowest BCUT2D eigenvalue weighted by Crippen LogP contribution is -2.36. The van der Waals surface area contributed by atoms with Gasteiger partial charge in [-0.3, -0.25) is 9.48 Å². The second kappa shape index (κ2) is 6.50. The normalized spacial score (nSPS) is 15.6. The van der Waals surface area contributed by atoms with Gasteiger partial charge in [0.2, 0.25) is 0 Å². The number of halogens is 2. The monoisotopic (exact) mass is 414 g/mol. The lowest BCUT2D eigenvalue weighted by molar-refractivity contribution is 0.0734. The Bertz CT molecular complexity index is 1130. The van der Waals surface area contributed by atoms with Crippen LogP contribution >= 0.6 is 23.2 Å². The van der Waals surface area contributed by atoms with Gasteiger partial charge >= 0.3 is 0 Å². The van der Waals surface area contributed by atoms with Crippen molar-refractivity contribution in [1.82, 2.24) is 19.8 Å². The molecule has 0 bridgehead atoms. The third-order valence-corrected chi connectivity index (χ3v) is 5.98. The van der Waals surface area contributed by atoms with Gasteiger partial charge in [-0.2, -0.15) is 5.10 Å².